The summed E-state index contributed by atoms with van der Waals surface area (Å²) in [6.07, 6.45) is 3.79. The lowest BCUT2D eigenvalue weighted by Gasteiger charge is -2.06. The van der Waals surface area contributed by atoms with Crippen molar-refractivity contribution in [2.75, 3.05) is 0 Å². The Balaban J connectivity index is 2.91. The van der Waals surface area contributed by atoms with Crippen molar-refractivity contribution in [3.05, 3.63) is 28.5 Å². The Labute approximate surface area is 86.1 Å². The predicted octanol–water partition coefficient (Wildman–Crippen LogP) is 1.72. The summed E-state index contributed by atoms with van der Waals surface area (Å²) in [7, 11) is 0. The van der Waals surface area contributed by atoms with Gasteiger partial charge in [0.05, 0.1) is 5.02 Å². The SMILES string of the molecule is O=CNCc1cncc(Cl)c1CCl. The molecule has 0 saturated heterocycles. The second-order valence-electron chi connectivity index (χ2n) is 2.39. The van der Waals surface area contributed by atoms with Crippen molar-refractivity contribution in [1.29, 1.82) is 0 Å². The highest BCUT2D eigenvalue weighted by atomic mass is 35.5. The third-order valence-electron chi connectivity index (χ3n) is 1.60. The number of hydrogen-bond donors (Lipinski definition) is 1. The molecule has 0 saturated carbocycles. The van der Waals surface area contributed by atoms with Gasteiger partial charge in [-0.3, -0.25) is 9.78 Å². The Morgan fingerprint density at radius 3 is 2.92 bits per heavy atom. The molecule has 0 spiro atoms. The summed E-state index contributed by atoms with van der Waals surface area (Å²) in [6.45, 7) is 0.402. The van der Waals surface area contributed by atoms with Crippen LogP contribution in [0.5, 0.6) is 0 Å². The molecule has 0 radical (unpaired) electrons. The highest BCUT2D eigenvalue weighted by Gasteiger charge is 2.05. The number of rotatable bonds is 4. The average molecular weight is 219 g/mol. The van der Waals surface area contributed by atoms with Crippen molar-refractivity contribution in [3.8, 4) is 0 Å². The van der Waals surface area contributed by atoms with E-state index in [0.717, 1.165) is 11.1 Å². The second kappa shape index (κ2) is 5.04. The van der Waals surface area contributed by atoms with Crippen LogP contribution in [0.4, 0.5) is 0 Å². The van der Waals surface area contributed by atoms with Crippen LogP contribution in [0.25, 0.3) is 0 Å². The summed E-state index contributed by atoms with van der Waals surface area (Å²) in [6, 6.07) is 0. The third-order valence-corrected chi connectivity index (χ3v) is 2.20. The van der Waals surface area contributed by atoms with E-state index in [1.165, 1.54) is 6.20 Å². The molecule has 70 valence electrons. The molecule has 0 aliphatic carbocycles. The maximum absolute atomic E-state index is 10.1. The summed E-state index contributed by atoms with van der Waals surface area (Å²) in [5.74, 6) is 0.317. The minimum atomic E-state index is 0.317. The Bertz CT molecular complexity index is 304. The molecule has 1 N–H and O–H groups in total. The van der Waals surface area contributed by atoms with E-state index in [4.69, 9.17) is 23.2 Å². The summed E-state index contributed by atoms with van der Waals surface area (Å²) in [4.78, 5) is 14.0. The first-order chi connectivity index (χ1) is 6.29. The molecule has 0 aliphatic heterocycles. The number of pyridine rings is 1. The van der Waals surface area contributed by atoms with E-state index in [-0.39, 0.29) is 0 Å². The van der Waals surface area contributed by atoms with E-state index >= 15 is 0 Å². The van der Waals surface area contributed by atoms with Crippen molar-refractivity contribution in [3.63, 3.8) is 0 Å². The number of carbonyl (C=O) groups is 1. The highest BCUT2D eigenvalue weighted by Crippen LogP contribution is 2.20. The molecule has 1 rings (SSSR count). The molecule has 1 aromatic rings. The number of nitrogens with one attached hydrogen (secondary N) is 1. The molecular formula is C8H8Cl2N2O. The fourth-order valence-electron chi connectivity index (χ4n) is 0.956. The van der Waals surface area contributed by atoms with Gasteiger partial charge < -0.3 is 5.32 Å². The van der Waals surface area contributed by atoms with E-state index in [9.17, 15) is 4.79 Å². The first-order valence-electron chi connectivity index (χ1n) is 3.64. The van der Waals surface area contributed by atoms with Crippen LogP contribution in [0.3, 0.4) is 0 Å². The number of hydrogen-bond acceptors (Lipinski definition) is 2. The zero-order chi connectivity index (χ0) is 9.68. The maximum Gasteiger partial charge on any atom is 0.207 e. The molecule has 5 heteroatoms. The Morgan fingerprint density at radius 2 is 2.31 bits per heavy atom. The third kappa shape index (κ3) is 2.57. The number of halogens is 2. The summed E-state index contributed by atoms with van der Waals surface area (Å²) in [5.41, 5.74) is 1.65. The fourth-order valence-corrected chi connectivity index (χ4v) is 1.58. The van der Waals surface area contributed by atoms with Gasteiger partial charge in [-0.1, -0.05) is 11.6 Å². The molecule has 1 amide bonds. The fraction of sp³-hybridized carbons (Fsp3) is 0.250. The zero-order valence-electron chi connectivity index (χ0n) is 6.76. The van der Waals surface area contributed by atoms with Crippen LogP contribution in [-0.2, 0) is 17.2 Å². The van der Waals surface area contributed by atoms with Crippen LogP contribution in [0.15, 0.2) is 12.4 Å². The van der Waals surface area contributed by atoms with Crippen molar-refractivity contribution in [2.45, 2.75) is 12.4 Å². The van der Waals surface area contributed by atoms with E-state index in [1.54, 1.807) is 6.20 Å². The van der Waals surface area contributed by atoms with E-state index in [2.05, 4.69) is 10.3 Å². The maximum atomic E-state index is 10.1. The van der Waals surface area contributed by atoms with Gasteiger partial charge in [-0.25, -0.2) is 0 Å². The average Bonchev–Trinajstić information content (AvgIpc) is 2.15. The number of alkyl halides is 1. The highest BCUT2D eigenvalue weighted by molar-refractivity contribution is 6.32. The molecular weight excluding hydrogens is 211 g/mol. The van der Waals surface area contributed by atoms with E-state index in [0.29, 0.717) is 23.9 Å². The quantitative estimate of drug-likeness (QED) is 0.618. The lowest BCUT2D eigenvalue weighted by Crippen LogP contribution is -2.11. The van der Waals surface area contributed by atoms with Crippen LogP contribution in [0.2, 0.25) is 5.02 Å². The number of aromatic nitrogens is 1. The summed E-state index contributed by atoms with van der Waals surface area (Å²) < 4.78 is 0. The van der Waals surface area contributed by atoms with E-state index in [1.807, 2.05) is 0 Å². The Kier molecular flexibility index (Phi) is 3.99. The standard InChI is InChI=1S/C8H8Cl2N2O/c9-1-7-6(3-12-5-13)2-11-4-8(7)10/h2,4-5H,1,3H2,(H,12,13). The minimum absolute atomic E-state index is 0.317. The largest absolute Gasteiger partial charge is 0.355 e. The van der Waals surface area contributed by atoms with Gasteiger partial charge in [-0.2, -0.15) is 0 Å². The zero-order valence-corrected chi connectivity index (χ0v) is 8.27. The smallest absolute Gasteiger partial charge is 0.207 e. The Morgan fingerprint density at radius 1 is 1.54 bits per heavy atom. The molecule has 1 aromatic heterocycles. The summed E-state index contributed by atoms with van der Waals surface area (Å²) >= 11 is 11.5. The molecule has 13 heavy (non-hydrogen) atoms. The normalized spacial score (nSPS) is 9.69. The molecule has 0 fully saturated rings. The van der Waals surface area contributed by atoms with Gasteiger partial charge in [-0.05, 0) is 11.1 Å². The number of carbonyl (C=O) groups excluding carboxylic acids is 1. The van der Waals surface area contributed by atoms with Crippen LogP contribution in [-0.4, -0.2) is 11.4 Å². The number of amides is 1. The lowest BCUT2D eigenvalue weighted by molar-refractivity contribution is -0.109. The van der Waals surface area contributed by atoms with Gasteiger partial charge in [0.15, 0.2) is 0 Å². The minimum Gasteiger partial charge on any atom is -0.355 e. The van der Waals surface area contributed by atoms with Crippen LogP contribution in [0, 0.1) is 0 Å². The molecule has 0 aliphatic rings. The van der Waals surface area contributed by atoms with Gasteiger partial charge in [0, 0.05) is 24.8 Å². The van der Waals surface area contributed by atoms with Gasteiger partial charge in [0.2, 0.25) is 6.41 Å². The molecule has 0 unspecified atom stereocenters. The molecule has 0 aromatic carbocycles. The monoisotopic (exact) mass is 218 g/mol. The van der Waals surface area contributed by atoms with Crippen LogP contribution >= 0.6 is 23.2 Å². The Hall–Kier alpha value is -0.800. The predicted molar refractivity (Wildman–Crippen MR) is 51.7 cm³/mol. The summed E-state index contributed by atoms with van der Waals surface area (Å²) in [5, 5.41) is 3.06. The van der Waals surface area contributed by atoms with Crippen LogP contribution in [0.1, 0.15) is 11.1 Å². The topological polar surface area (TPSA) is 42.0 Å². The van der Waals surface area contributed by atoms with Crippen LogP contribution < -0.4 is 5.32 Å². The first-order valence-corrected chi connectivity index (χ1v) is 4.55. The van der Waals surface area contributed by atoms with E-state index < -0.39 is 0 Å². The van der Waals surface area contributed by atoms with Crippen molar-refractivity contribution in [1.82, 2.24) is 10.3 Å². The molecule has 3 nitrogen and oxygen atoms in total. The molecule has 0 atom stereocenters. The molecule has 0 bridgehead atoms. The van der Waals surface area contributed by atoms with Gasteiger partial charge in [-0.15, -0.1) is 11.6 Å². The van der Waals surface area contributed by atoms with Gasteiger partial charge in [0.1, 0.15) is 0 Å². The first kappa shape index (κ1) is 10.3. The van der Waals surface area contributed by atoms with Crippen molar-refractivity contribution in [2.24, 2.45) is 0 Å². The van der Waals surface area contributed by atoms with Gasteiger partial charge in [0.25, 0.3) is 0 Å². The number of nitrogens with zero attached hydrogens (tertiary/aromatic N) is 1. The second-order valence-corrected chi connectivity index (χ2v) is 3.07. The van der Waals surface area contributed by atoms with Crippen molar-refractivity contribution >= 4 is 29.6 Å². The molecule has 1 heterocycles. The van der Waals surface area contributed by atoms with Gasteiger partial charge >= 0.3 is 0 Å². The van der Waals surface area contributed by atoms with Crippen molar-refractivity contribution < 1.29 is 4.79 Å². The lowest BCUT2D eigenvalue weighted by atomic mass is 10.1.